The van der Waals surface area contributed by atoms with Crippen molar-refractivity contribution < 1.29 is 38.3 Å². The Hall–Kier alpha value is -0.950. The molecule has 0 aliphatic carbocycles. The number of aliphatic hydroxyl groups excluding tert-OH is 1. The van der Waals surface area contributed by atoms with Gasteiger partial charge >= 0.3 is 6.09 Å². The van der Waals surface area contributed by atoms with E-state index in [1.165, 1.54) is 30.9 Å². The Kier molecular flexibility index (Phi) is 7.23. The molecule has 0 spiro atoms. The molecule has 3 aliphatic heterocycles. The molecule has 0 bridgehead atoms. The number of methoxy groups -OCH3 is 2. The van der Waals surface area contributed by atoms with Gasteiger partial charge in [-0.25, -0.2) is 4.79 Å². The number of thioether (sulfide) groups is 1. The molecule has 8 atom stereocenters. The zero-order valence-electron chi connectivity index (χ0n) is 20.3. The van der Waals surface area contributed by atoms with Crippen molar-refractivity contribution in [1.29, 1.82) is 0 Å². The Balaban J connectivity index is 1.93. The average Bonchev–Trinajstić information content (AvgIpc) is 3.11. The summed E-state index contributed by atoms with van der Waals surface area (Å²) in [6, 6.07) is -0.484. The molecule has 32 heavy (non-hydrogen) atoms. The molecule has 10 nitrogen and oxygen atoms in total. The highest BCUT2D eigenvalue weighted by atomic mass is 32.2. The fourth-order valence-corrected chi connectivity index (χ4v) is 5.26. The van der Waals surface area contributed by atoms with Crippen LogP contribution in [0.5, 0.6) is 0 Å². The summed E-state index contributed by atoms with van der Waals surface area (Å²) in [4.78, 5) is 19.0. The van der Waals surface area contributed by atoms with Gasteiger partial charge in [0.05, 0.1) is 6.10 Å². The molecular weight excluding hydrogens is 440 g/mol. The largest absolute Gasteiger partial charge is 0.443 e. The highest BCUT2D eigenvalue weighted by molar-refractivity contribution is 8.14. The smallest absolute Gasteiger partial charge is 0.416 e. The Morgan fingerprint density at radius 2 is 1.78 bits per heavy atom. The fraction of sp³-hybridized carbons (Fsp3) is 0.905. The molecule has 0 saturated carbocycles. The van der Waals surface area contributed by atoms with Crippen LogP contribution in [0.2, 0.25) is 0 Å². The van der Waals surface area contributed by atoms with E-state index in [2.05, 4.69) is 0 Å². The summed E-state index contributed by atoms with van der Waals surface area (Å²) in [6.07, 6.45) is -3.26. The highest BCUT2D eigenvalue weighted by Gasteiger charge is 2.64. The second-order valence-corrected chi connectivity index (χ2v) is 10.5. The summed E-state index contributed by atoms with van der Waals surface area (Å²) in [5.74, 6) is -2.47. The van der Waals surface area contributed by atoms with Crippen molar-refractivity contribution in [1.82, 2.24) is 4.90 Å². The molecule has 3 aliphatic rings. The maximum atomic E-state index is 12.7. The van der Waals surface area contributed by atoms with Gasteiger partial charge in [0.15, 0.2) is 5.17 Å². The summed E-state index contributed by atoms with van der Waals surface area (Å²) in [5.41, 5.74) is -1.11. The SMILES string of the molecule is CCN(C(=O)OC(C)(C)C)C1=N[C@@H]2[C@H]3OC(C)(OC)C(C)(OC)O[C@@H]3[C@@H](C(C)O)O[C@@H]2S1. The Morgan fingerprint density at radius 3 is 2.25 bits per heavy atom. The first-order valence-corrected chi connectivity index (χ1v) is 11.7. The maximum Gasteiger partial charge on any atom is 0.416 e. The molecule has 0 aromatic rings. The molecule has 0 radical (unpaired) electrons. The summed E-state index contributed by atoms with van der Waals surface area (Å²) < 4.78 is 35.7. The van der Waals surface area contributed by atoms with Crippen molar-refractivity contribution in [2.24, 2.45) is 4.99 Å². The lowest BCUT2D eigenvalue weighted by Gasteiger charge is -2.56. The van der Waals surface area contributed by atoms with Gasteiger partial charge in [-0.3, -0.25) is 9.89 Å². The standard InChI is InChI=1S/C21H36N2O8S/c1-10-23(18(25)31-19(3,4)5)17-22-12-14-15(13(11(2)24)28-16(12)32-17)30-21(7,27-9)20(6,26-8)29-14/h11-16,24H,10H2,1-9H3/t11?,12-,13-,14-,15-,16-,20?,21?/m1/s1. The molecule has 1 N–H and O–H groups in total. The molecule has 2 fully saturated rings. The second-order valence-electron chi connectivity index (χ2n) is 9.42. The lowest BCUT2D eigenvalue weighted by Crippen LogP contribution is -2.72. The summed E-state index contributed by atoms with van der Waals surface area (Å²) in [7, 11) is 3.02. The maximum absolute atomic E-state index is 12.7. The van der Waals surface area contributed by atoms with Crippen molar-refractivity contribution in [3.63, 3.8) is 0 Å². The van der Waals surface area contributed by atoms with Crippen LogP contribution < -0.4 is 0 Å². The van der Waals surface area contributed by atoms with Gasteiger partial charge < -0.3 is 33.5 Å². The predicted molar refractivity (Wildman–Crippen MR) is 118 cm³/mol. The first kappa shape index (κ1) is 25.7. The minimum atomic E-state index is -1.24. The van der Waals surface area contributed by atoms with Crippen LogP contribution in [0.25, 0.3) is 0 Å². The molecule has 184 valence electrons. The third kappa shape index (κ3) is 4.53. The van der Waals surface area contributed by atoms with Gasteiger partial charge in [-0.15, -0.1) is 0 Å². The third-order valence-electron chi connectivity index (χ3n) is 6.00. The highest BCUT2D eigenvalue weighted by Crippen LogP contribution is 2.48. The van der Waals surface area contributed by atoms with E-state index in [-0.39, 0.29) is 0 Å². The van der Waals surface area contributed by atoms with Crippen molar-refractivity contribution in [2.75, 3.05) is 20.8 Å². The normalized spacial score (nSPS) is 40.2. The molecule has 11 heteroatoms. The van der Waals surface area contributed by atoms with E-state index in [9.17, 15) is 9.90 Å². The third-order valence-corrected chi connectivity index (χ3v) is 7.16. The topological polar surface area (TPSA) is 108 Å². The zero-order chi connectivity index (χ0) is 24.1. The first-order chi connectivity index (χ1) is 14.8. The Labute approximate surface area is 193 Å². The van der Waals surface area contributed by atoms with Gasteiger partial charge in [0.25, 0.3) is 0 Å². The van der Waals surface area contributed by atoms with E-state index in [0.29, 0.717) is 11.7 Å². The second kappa shape index (κ2) is 9.01. The summed E-state index contributed by atoms with van der Waals surface area (Å²) in [6.45, 7) is 12.8. The minimum absolute atomic E-state index is 0.378. The number of nitrogens with zero attached hydrogens (tertiary/aromatic N) is 2. The van der Waals surface area contributed by atoms with E-state index in [1.807, 2.05) is 27.7 Å². The quantitative estimate of drug-likeness (QED) is 0.654. The molecule has 3 rings (SSSR count). The van der Waals surface area contributed by atoms with Crippen molar-refractivity contribution in [2.45, 2.75) is 102 Å². The van der Waals surface area contributed by atoms with Gasteiger partial charge in [-0.05, 0) is 48.5 Å². The van der Waals surface area contributed by atoms with Crippen LogP contribution in [0.15, 0.2) is 4.99 Å². The fourth-order valence-electron chi connectivity index (χ4n) is 3.99. The lowest BCUT2D eigenvalue weighted by atomic mass is 9.91. The van der Waals surface area contributed by atoms with Crippen LogP contribution in [-0.2, 0) is 28.4 Å². The molecule has 3 unspecified atom stereocenters. The van der Waals surface area contributed by atoms with Crippen LogP contribution in [0, 0.1) is 0 Å². The number of amidine groups is 1. The van der Waals surface area contributed by atoms with E-state index in [0.717, 1.165) is 0 Å². The predicted octanol–water partition coefficient (Wildman–Crippen LogP) is 2.33. The number of carbonyl (C=O) groups excluding carboxylic acids is 1. The molecule has 0 aromatic carbocycles. The van der Waals surface area contributed by atoms with Gasteiger partial charge in [-0.1, -0.05) is 11.8 Å². The number of carbonyl (C=O) groups is 1. The number of hydrogen-bond acceptors (Lipinski definition) is 10. The van der Waals surface area contributed by atoms with Crippen LogP contribution >= 0.6 is 11.8 Å². The molecular formula is C21H36N2O8S. The minimum Gasteiger partial charge on any atom is -0.443 e. The van der Waals surface area contributed by atoms with Gasteiger partial charge in [0.1, 0.15) is 35.4 Å². The number of aliphatic imine (C=N–C) groups is 1. The Bertz CT molecular complexity index is 744. The Morgan fingerprint density at radius 1 is 1.22 bits per heavy atom. The number of aliphatic hydroxyl groups is 1. The summed E-state index contributed by atoms with van der Waals surface area (Å²) in [5, 5.41) is 10.9. The average molecular weight is 477 g/mol. The summed E-state index contributed by atoms with van der Waals surface area (Å²) >= 11 is 1.31. The van der Waals surface area contributed by atoms with Gasteiger partial charge in [0.2, 0.25) is 11.6 Å². The molecule has 3 heterocycles. The van der Waals surface area contributed by atoms with E-state index < -0.39 is 59.2 Å². The van der Waals surface area contributed by atoms with E-state index in [1.54, 1.807) is 20.8 Å². The lowest BCUT2D eigenvalue weighted by molar-refractivity contribution is -0.464. The molecule has 2 saturated heterocycles. The van der Waals surface area contributed by atoms with Crippen molar-refractivity contribution >= 4 is 23.0 Å². The molecule has 0 aromatic heterocycles. The monoisotopic (exact) mass is 476 g/mol. The van der Waals surface area contributed by atoms with Crippen molar-refractivity contribution in [3.05, 3.63) is 0 Å². The van der Waals surface area contributed by atoms with Gasteiger partial charge in [-0.2, -0.15) is 0 Å². The first-order valence-electron chi connectivity index (χ1n) is 10.8. The zero-order valence-corrected chi connectivity index (χ0v) is 21.1. The number of amides is 1. The van der Waals surface area contributed by atoms with Crippen LogP contribution in [0.1, 0.15) is 48.5 Å². The van der Waals surface area contributed by atoms with Crippen molar-refractivity contribution in [3.8, 4) is 0 Å². The van der Waals surface area contributed by atoms with Gasteiger partial charge in [0, 0.05) is 20.8 Å². The van der Waals surface area contributed by atoms with E-state index in [4.69, 9.17) is 33.4 Å². The van der Waals surface area contributed by atoms with Crippen LogP contribution in [0.3, 0.4) is 0 Å². The van der Waals surface area contributed by atoms with Crippen LogP contribution in [-0.4, -0.2) is 95.1 Å². The van der Waals surface area contributed by atoms with Crippen LogP contribution in [0.4, 0.5) is 4.79 Å². The number of hydrogen-bond donors (Lipinski definition) is 1. The number of rotatable bonds is 4. The number of ether oxygens (including phenoxy) is 6. The molecule has 1 amide bonds. The number of fused-ring (bicyclic) bond motifs is 3. The van der Waals surface area contributed by atoms with E-state index >= 15 is 0 Å².